The highest BCUT2D eigenvalue weighted by molar-refractivity contribution is 6.30. The summed E-state index contributed by atoms with van der Waals surface area (Å²) in [5, 5.41) is 13.9. The van der Waals surface area contributed by atoms with Crippen LogP contribution in [-0.2, 0) is 9.53 Å². The number of hydrogen-bond acceptors (Lipinski definition) is 4. The Hall–Kier alpha value is -1.83. The molecule has 4 aliphatic rings. The van der Waals surface area contributed by atoms with Crippen LogP contribution in [0.3, 0.4) is 0 Å². The number of urea groups is 1. The van der Waals surface area contributed by atoms with Crippen LogP contribution >= 0.6 is 11.6 Å². The second-order valence-corrected chi connectivity index (χ2v) is 11.6. The molecule has 7 nitrogen and oxygen atoms in total. The van der Waals surface area contributed by atoms with Gasteiger partial charge in [-0.05, 0) is 85.8 Å². The van der Waals surface area contributed by atoms with Gasteiger partial charge in [0.1, 0.15) is 0 Å². The van der Waals surface area contributed by atoms with Crippen LogP contribution < -0.4 is 5.32 Å². The van der Waals surface area contributed by atoms with Crippen molar-refractivity contribution in [1.82, 2.24) is 9.80 Å². The minimum absolute atomic E-state index is 0.00579. The average molecular weight is 504 g/mol. The van der Waals surface area contributed by atoms with Crippen LogP contribution in [0.2, 0.25) is 5.02 Å². The fraction of sp³-hybridized carbons (Fsp3) is 0.704. The third-order valence-electron chi connectivity index (χ3n) is 9.62. The molecule has 2 aliphatic heterocycles. The van der Waals surface area contributed by atoms with Gasteiger partial charge < -0.3 is 25.0 Å². The summed E-state index contributed by atoms with van der Waals surface area (Å²) >= 11 is 6.08. The number of rotatable bonds is 3. The van der Waals surface area contributed by atoms with Crippen molar-refractivity contribution in [3.05, 3.63) is 29.3 Å². The second kappa shape index (κ2) is 9.91. The molecule has 3 amide bonds. The molecule has 35 heavy (non-hydrogen) atoms. The smallest absolute Gasteiger partial charge is 0.321 e. The molecule has 1 aromatic rings. The third-order valence-corrected chi connectivity index (χ3v) is 9.86. The van der Waals surface area contributed by atoms with Gasteiger partial charge in [-0.2, -0.15) is 0 Å². The number of nitrogens with zero attached hydrogens (tertiary/aromatic N) is 2. The van der Waals surface area contributed by atoms with Crippen LogP contribution in [0.15, 0.2) is 24.3 Å². The topological polar surface area (TPSA) is 82.1 Å². The number of anilines is 1. The molecule has 2 aliphatic carbocycles. The van der Waals surface area contributed by atoms with Gasteiger partial charge in [0.15, 0.2) is 0 Å². The largest absolute Gasteiger partial charge is 0.394 e. The summed E-state index contributed by atoms with van der Waals surface area (Å²) in [5.74, 6) is 2.05. The van der Waals surface area contributed by atoms with Gasteiger partial charge in [-0.3, -0.25) is 4.79 Å². The van der Waals surface area contributed by atoms with Crippen molar-refractivity contribution in [2.24, 2.45) is 29.1 Å². The number of aliphatic hydroxyl groups excluding tert-OH is 1. The van der Waals surface area contributed by atoms with Crippen molar-refractivity contribution >= 4 is 29.2 Å². The molecular weight excluding hydrogens is 466 g/mol. The normalized spacial score (nSPS) is 33.8. The lowest BCUT2D eigenvalue weighted by molar-refractivity contribution is -0.151. The number of benzene rings is 1. The molecule has 0 bridgehead atoms. The molecule has 2 saturated heterocycles. The molecule has 6 atom stereocenters. The number of carbonyl (C=O) groups is 2. The second-order valence-electron chi connectivity index (χ2n) is 11.2. The van der Waals surface area contributed by atoms with E-state index in [0.717, 1.165) is 38.5 Å². The number of amides is 3. The maximum absolute atomic E-state index is 13.0. The standard InChI is InChI=1S/C27H38ClN3O4/c1-17(33)31-16-27(8-10-30(11-9-27)26(34)29-20-5-3-4-19(28)14-20)25-22-7-6-21(35-2)12-18(22)13-23(25)24(31)15-32/h3-5,14,18,21-25,32H,6-13,15-16H2,1-2H3,(H,29,34)/t18?,21?,22?,23?,24-,25?/m0/s1. The Bertz CT molecular complexity index is 950. The van der Waals surface area contributed by atoms with E-state index >= 15 is 0 Å². The first-order chi connectivity index (χ1) is 16.8. The highest BCUT2D eigenvalue weighted by atomic mass is 35.5. The quantitative estimate of drug-likeness (QED) is 0.646. The number of methoxy groups -OCH3 is 1. The summed E-state index contributed by atoms with van der Waals surface area (Å²) in [7, 11) is 1.81. The van der Waals surface area contributed by atoms with Crippen LogP contribution in [0.25, 0.3) is 0 Å². The van der Waals surface area contributed by atoms with Crippen LogP contribution in [-0.4, -0.2) is 72.3 Å². The predicted molar refractivity (Wildman–Crippen MR) is 135 cm³/mol. The van der Waals surface area contributed by atoms with Crippen LogP contribution in [0.4, 0.5) is 10.5 Å². The fourth-order valence-electron chi connectivity index (χ4n) is 8.11. The molecule has 2 saturated carbocycles. The van der Waals surface area contributed by atoms with E-state index in [1.54, 1.807) is 19.1 Å². The number of piperidine rings is 2. The number of nitrogens with one attached hydrogen (secondary N) is 1. The lowest BCUT2D eigenvalue weighted by Crippen LogP contribution is -2.63. The lowest BCUT2D eigenvalue weighted by atomic mass is 9.57. The molecule has 4 fully saturated rings. The molecule has 1 aromatic carbocycles. The van der Waals surface area contributed by atoms with Crippen molar-refractivity contribution < 1.29 is 19.4 Å². The van der Waals surface area contributed by atoms with Crippen molar-refractivity contribution in [2.45, 2.75) is 57.6 Å². The Morgan fingerprint density at radius 3 is 2.63 bits per heavy atom. The Morgan fingerprint density at radius 2 is 1.97 bits per heavy atom. The van der Waals surface area contributed by atoms with Gasteiger partial charge in [-0.25, -0.2) is 4.79 Å². The summed E-state index contributed by atoms with van der Waals surface area (Å²) in [5.41, 5.74) is 0.691. The number of ether oxygens (including phenoxy) is 1. The van der Waals surface area contributed by atoms with E-state index in [-0.39, 0.29) is 30.0 Å². The van der Waals surface area contributed by atoms with Gasteiger partial charge in [0, 0.05) is 44.4 Å². The van der Waals surface area contributed by atoms with Gasteiger partial charge in [0.25, 0.3) is 0 Å². The molecule has 2 heterocycles. The molecule has 0 aromatic heterocycles. The molecule has 1 spiro atoms. The SMILES string of the molecule is COC1CCC2C(C1)CC1C2C2(CCN(C(=O)Nc3cccc(Cl)c3)CC2)CN(C(C)=O)[C@H]1CO. The van der Waals surface area contributed by atoms with Crippen LogP contribution in [0.1, 0.15) is 45.4 Å². The summed E-state index contributed by atoms with van der Waals surface area (Å²) in [4.78, 5) is 29.6. The Kier molecular flexibility index (Phi) is 7.03. The first-order valence-electron chi connectivity index (χ1n) is 13.1. The monoisotopic (exact) mass is 503 g/mol. The van der Waals surface area contributed by atoms with Gasteiger partial charge >= 0.3 is 6.03 Å². The molecular formula is C27H38ClN3O4. The van der Waals surface area contributed by atoms with Gasteiger partial charge in [0.2, 0.25) is 5.91 Å². The van der Waals surface area contributed by atoms with Crippen molar-refractivity contribution in [1.29, 1.82) is 0 Å². The van der Waals surface area contributed by atoms with Gasteiger partial charge in [-0.1, -0.05) is 17.7 Å². The van der Waals surface area contributed by atoms with E-state index in [2.05, 4.69) is 5.32 Å². The molecule has 5 unspecified atom stereocenters. The number of fused-ring (bicyclic) bond motifs is 4. The van der Waals surface area contributed by atoms with E-state index in [9.17, 15) is 14.7 Å². The molecule has 192 valence electrons. The number of carbonyl (C=O) groups excluding carboxylic acids is 2. The molecule has 2 N–H and O–H groups in total. The third kappa shape index (κ3) is 4.56. The average Bonchev–Trinajstić information content (AvgIpc) is 3.24. The summed E-state index contributed by atoms with van der Waals surface area (Å²) in [6, 6.07) is 7.02. The summed E-state index contributed by atoms with van der Waals surface area (Å²) < 4.78 is 5.73. The maximum Gasteiger partial charge on any atom is 0.321 e. The van der Waals surface area contributed by atoms with Crippen LogP contribution in [0, 0.1) is 29.1 Å². The minimum Gasteiger partial charge on any atom is -0.394 e. The van der Waals surface area contributed by atoms with Crippen molar-refractivity contribution in [3.63, 3.8) is 0 Å². The summed E-state index contributed by atoms with van der Waals surface area (Å²) in [6.45, 7) is 3.69. The number of aliphatic hydroxyl groups is 1. The summed E-state index contributed by atoms with van der Waals surface area (Å²) in [6.07, 6.45) is 6.48. The van der Waals surface area contributed by atoms with Crippen LogP contribution in [0.5, 0.6) is 0 Å². The Balaban J connectivity index is 1.36. The first kappa shape index (κ1) is 24.8. The Morgan fingerprint density at radius 1 is 1.20 bits per heavy atom. The molecule has 5 rings (SSSR count). The van der Waals surface area contributed by atoms with E-state index in [1.165, 1.54) is 0 Å². The van der Waals surface area contributed by atoms with Crippen molar-refractivity contribution in [2.75, 3.05) is 38.7 Å². The molecule has 0 radical (unpaired) electrons. The zero-order valence-corrected chi connectivity index (χ0v) is 21.5. The highest BCUT2D eigenvalue weighted by Crippen LogP contribution is 2.62. The minimum atomic E-state index is -0.101. The van der Waals surface area contributed by atoms with E-state index in [1.807, 2.05) is 29.0 Å². The fourth-order valence-corrected chi connectivity index (χ4v) is 8.30. The number of halogens is 1. The lowest BCUT2D eigenvalue weighted by Gasteiger charge is -2.58. The van der Waals surface area contributed by atoms with E-state index in [0.29, 0.717) is 60.1 Å². The van der Waals surface area contributed by atoms with E-state index in [4.69, 9.17) is 16.3 Å². The zero-order chi connectivity index (χ0) is 24.7. The highest BCUT2D eigenvalue weighted by Gasteiger charge is 2.61. The Labute approximate surface area is 213 Å². The maximum atomic E-state index is 13.0. The predicted octanol–water partition coefficient (Wildman–Crippen LogP) is 4.24. The number of likely N-dealkylation sites (tertiary alicyclic amines) is 2. The van der Waals surface area contributed by atoms with Crippen molar-refractivity contribution in [3.8, 4) is 0 Å². The first-order valence-corrected chi connectivity index (χ1v) is 13.5. The van der Waals surface area contributed by atoms with E-state index < -0.39 is 0 Å². The van der Waals surface area contributed by atoms with Gasteiger partial charge in [-0.15, -0.1) is 0 Å². The molecule has 8 heteroatoms. The van der Waals surface area contributed by atoms with Gasteiger partial charge in [0.05, 0.1) is 18.8 Å². The zero-order valence-electron chi connectivity index (χ0n) is 20.8. The number of hydrogen-bond donors (Lipinski definition) is 2.